The van der Waals surface area contributed by atoms with Gasteiger partial charge in [0.2, 0.25) is 5.95 Å². The lowest BCUT2D eigenvalue weighted by Crippen LogP contribution is -2.49. The summed E-state index contributed by atoms with van der Waals surface area (Å²) in [5, 5.41) is 3.47. The number of hydrogen-bond acceptors (Lipinski definition) is 5. The van der Waals surface area contributed by atoms with Crippen molar-refractivity contribution in [3.05, 3.63) is 47.2 Å². The molecule has 1 aromatic carbocycles. The lowest BCUT2D eigenvalue weighted by molar-refractivity contribution is 0.0741. The van der Waals surface area contributed by atoms with Crippen LogP contribution in [0.3, 0.4) is 0 Å². The quantitative estimate of drug-likeness (QED) is 0.824. The van der Waals surface area contributed by atoms with Gasteiger partial charge in [0.15, 0.2) is 0 Å². The van der Waals surface area contributed by atoms with Gasteiger partial charge in [0, 0.05) is 50.0 Å². The van der Waals surface area contributed by atoms with Crippen LogP contribution in [0.25, 0.3) is 0 Å². The lowest BCUT2D eigenvalue weighted by Gasteiger charge is -2.35. The van der Waals surface area contributed by atoms with Crippen LogP contribution < -0.4 is 10.2 Å². The Kier molecular flexibility index (Phi) is 6.11. The van der Waals surface area contributed by atoms with E-state index in [0.717, 1.165) is 36.5 Å². The first kappa shape index (κ1) is 20.5. The zero-order valence-corrected chi connectivity index (χ0v) is 17.2. The highest BCUT2D eigenvalue weighted by atomic mass is 19.1. The molecule has 0 atom stereocenters. The summed E-state index contributed by atoms with van der Waals surface area (Å²) in [6.07, 6.45) is 6.06. The van der Waals surface area contributed by atoms with Gasteiger partial charge < -0.3 is 15.1 Å². The van der Waals surface area contributed by atoms with Crippen molar-refractivity contribution in [3.8, 4) is 0 Å². The molecule has 30 heavy (non-hydrogen) atoms. The molecule has 1 N–H and O–H groups in total. The molecule has 1 aliphatic heterocycles. The number of nitrogens with zero attached hydrogens (tertiary/aromatic N) is 4. The Morgan fingerprint density at radius 1 is 1.03 bits per heavy atom. The maximum Gasteiger partial charge on any atom is 0.256 e. The highest BCUT2D eigenvalue weighted by Crippen LogP contribution is 2.23. The average Bonchev–Trinajstić information content (AvgIpc) is 2.74. The Morgan fingerprint density at radius 3 is 2.47 bits per heavy atom. The van der Waals surface area contributed by atoms with Crippen LogP contribution in [0.15, 0.2) is 24.3 Å². The van der Waals surface area contributed by atoms with Gasteiger partial charge in [-0.15, -0.1) is 0 Å². The van der Waals surface area contributed by atoms with E-state index in [2.05, 4.69) is 15.2 Å². The predicted molar refractivity (Wildman–Crippen MR) is 112 cm³/mol. The fraction of sp³-hybridized carbons (Fsp3) is 0.500. The number of anilines is 2. The van der Waals surface area contributed by atoms with Crippen LogP contribution in [0.5, 0.6) is 0 Å². The van der Waals surface area contributed by atoms with Crippen molar-refractivity contribution < 1.29 is 13.6 Å². The molecule has 1 saturated heterocycles. The Hall–Kier alpha value is -2.77. The van der Waals surface area contributed by atoms with Crippen molar-refractivity contribution in [1.82, 2.24) is 14.9 Å². The number of rotatable bonds is 4. The molecule has 1 amide bonds. The van der Waals surface area contributed by atoms with E-state index >= 15 is 0 Å². The van der Waals surface area contributed by atoms with Gasteiger partial charge in [-0.2, -0.15) is 4.98 Å². The Labute approximate surface area is 175 Å². The summed E-state index contributed by atoms with van der Waals surface area (Å²) in [5.41, 5.74) is 0.798. The summed E-state index contributed by atoms with van der Waals surface area (Å²) in [6, 6.07) is 5.43. The Bertz CT molecular complexity index is 908. The largest absolute Gasteiger partial charge is 0.353 e. The smallest absolute Gasteiger partial charge is 0.256 e. The summed E-state index contributed by atoms with van der Waals surface area (Å²) >= 11 is 0. The van der Waals surface area contributed by atoms with Gasteiger partial charge in [-0.3, -0.25) is 4.79 Å². The summed E-state index contributed by atoms with van der Waals surface area (Å²) in [6.45, 7) is 4.03. The van der Waals surface area contributed by atoms with Crippen LogP contribution in [-0.4, -0.2) is 53.0 Å². The highest BCUT2D eigenvalue weighted by Gasteiger charge is 2.25. The molecule has 160 valence electrons. The second-order valence-electron chi connectivity index (χ2n) is 8.07. The van der Waals surface area contributed by atoms with Crippen molar-refractivity contribution in [2.45, 2.75) is 45.1 Å². The van der Waals surface area contributed by atoms with E-state index in [0.29, 0.717) is 38.2 Å². The molecule has 2 aliphatic rings. The van der Waals surface area contributed by atoms with Crippen molar-refractivity contribution in [2.75, 3.05) is 36.4 Å². The van der Waals surface area contributed by atoms with Gasteiger partial charge >= 0.3 is 0 Å². The molecular weight excluding hydrogens is 388 g/mol. The lowest BCUT2D eigenvalue weighted by atomic mass is 9.96. The van der Waals surface area contributed by atoms with E-state index in [4.69, 9.17) is 4.98 Å². The molecule has 0 spiro atoms. The molecule has 0 bridgehead atoms. The molecule has 0 radical (unpaired) electrons. The molecule has 2 heterocycles. The number of carbonyl (C=O) groups is 1. The zero-order chi connectivity index (χ0) is 21.1. The summed E-state index contributed by atoms with van der Waals surface area (Å²) in [5.74, 6) is -0.437. The van der Waals surface area contributed by atoms with Crippen LogP contribution >= 0.6 is 0 Å². The second kappa shape index (κ2) is 8.93. The van der Waals surface area contributed by atoms with Gasteiger partial charge in [-0.1, -0.05) is 19.3 Å². The Balaban J connectivity index is 1.40. The molecule has 1 saturated carbocycles. The monoisotopic (exact) mass is 415 g/mol. The van der Waals surface area contributed by atoms with E-state index in [1.165, 1.54) is 25.3 Å². The number of hydrogen-bond donors (Lipinski definition) is 1. The maximum absolute atomic E-state index is 14.0. The normalized spacial score (nSPS) is 17.8. The molecule has 4 rings (SSSR count). The first-order valence-electron chi connectivity index (χ1n) is 10.6. The number of carbonyl (C=O) groups excluding carboxylic acids is 1. The predicted octanol–water partition coefficient (Wildman–Crippen LogP) is 3.77. The highest BCUT2D eigenvalue weighted by molar-refractivity contribution is 5.94. The third-order valence-corrected chi connectivity index (χ3v) is 5.83. The van der Waals surface area contributed by atoms with Gasteiger partial charge in [0.25, 0.3) is 5.91 Å². The van der Waals surface area contributed by atoms with Crippen LogP contribution in [0, 0.1) is 18.6 Å². The van der Waals surface area contributed by atoms with Crippen LogP contribution in [0.1, 0.15) is 48.2 Å². The maximum atomic E-state index is 14.0. The van der Waals surface area contributed by atoms with Gasteiger partial charge in [0.05, 0.1) is 5.56 Å². The molecule has 6 nitrogen and oxygen atoms in total. The number of aryl methyl sites for hydroxylation is 1. The zero-order valence-electron chi connectivity index (χ0n) is 17.2. The van der Waals surface area contributed by atoms with Gasteiger partial charge in [-0.05, 0) is 31.9 Å². The standard InChI is InChI=1S/C22H27F2N5O/c1-15-13-20(27-22(25-15)26-17-5-3-2-4-6-17)28-9-11-29(12-10-28)21(30)18-8-7-16(23)14-19(18)24/h7-8,13-14,17H,2-6,9-12H2,1H3,(H,25,26,27). The number of aromatic nitrogens is 2. The minimum absolute atomic E-state index is 0.0956. The van der Waals surface area contributed by atoms with Crippen LogP contribution in [0.4, 0.5) is 20.5 Å². The molecular formula is C22H27F2N5O. The van der Waals surface area contributed by atoms with E-state index < -0.39 is 17.5 Å². The summed E-state index contributed by atoms with van der Waals surface area (Å²) < 4.78 is 27.1. The van der Waals surface area contributed by atoms with E-state index in [-0.39, 0.29) is 5.56 Å². The fourth-order valence-corrected chi connectivity index (χ4v) is 4.18. The molecule has 1 aromatic heterocycles. The third-order valence-electron chi connectivity index (χ3n) is 5.83. The molecule has 1 aliphatic carbocycles. The Morgan fingerprint density at radius 2 is 1.77 bits per heavy atom. The van der Waals surface area contributed by atoms with E-state index in [9.17, 15) is 13.6 Å². The number of nitrogens with one attached hydrogen (secondary N) is 1. The van der Waals surface area contributed by atoms with E-state index in [1.54, 1.807) is 4.90 Å². The molecule has 2 fully saturated rings. The van der Waals surface area contributed by atoms with Crippen molar-refractivity contribution in [3.63, 3.8) is 0 Å². The van der Waals surface area contributed by atoms with Crippen molar-refractivity contribution in [1.29, 1.82) is 0 Å². The number of amides is 1. The minimum Gasteiger partial charge on any atom is -0.353 e. The average molecular weight is 415 g/mol. The number of halogens is 2. The summed E-state index contributed by atoms with van der Waals surface area (Å²) in [4.78, 5) is 25.6. The van der Waals surface area contributed by atoms with Crippen molar-refractivity contribution in [2.24, 2.45) is 0 Å². The fourth-order valence-electron chi connectivity index (χ4n) is 4.18. The first-order chi connectivity index (χ1) is 14.5. The second-order valence-corrected chi connectivity index (χ2v) is 8.07. The van der Waals surface area contributed by atoms with Crippen LogP contribution in [0.2, 0.25) is 0 Å². The van der Waals surface area contributed by atoms with Gasteiger partial charge in [0.1, 0.15) is 17.5 Å². The molecule has 2 aromatic rings. The topological polar surface area (TPSA) is 61.4 Å². The van der Waals surface area contributed by atoms with Gasteiger partial charge in [-0.25, -0.2) is 13.8 Å². The first-order valence-corrected chi connectivity index (χ1v) is 10.6. The minimum atomic E-state index is -0.827. The summed E-state index contributed by atoms with van der Waals surface area (Å²) in [7, 11) is 0. The molecule has 0 unspecified atom stereocenters. The number of piperazine rings is 1. The third kappa shape index (κ3) is 4.68. The van der Waals surface area contributed by atoms with E-state index in [1.807, 2.05) is 13.0 Å². The van der Waals surface area contributed by atoms with Crippen molar-refractivity contribution >= 4 is 17.7 Å². The SMILES string of the molecule is Cc1cc(N2CCN(C(=O)c3ccc(F)cc3F)CC2)nc(NC2CCCCC2)n1. The molecule has 8 heteroatoms. The van der Waals surface area contributed by atoms with Crippen LogP contribution in [-0.2, 0) is 0 Å². The number of benzene rings is 1.